The van der Waals surface area contributed by atoms with Gasteiger partial charge in [0.05, 0.1) is 0 Å². The summed E-state index contributed by atoms with van der Waals surface area (Å²) in [5.41, 5.74) is -0.483. The molecule has 8 heteroatoms. The van der Waals surface area contributed by atoms with Gasteiger partial charge in [-0.1, -0.05) is 23.4 Å². The molecule has 1 fully saturated rings. The Hall–Kier alpha value is -1.21. The normalized spacial score (nSPS) is 18.4. The molecule has 1 aliphatic rings. The number of carbonyl (C=O) groups is 1. The number of hydrogen-bond acceptors (Lipinski definition) is 6. The van der Waals surface area contributed by atoms with E-state index >= 15 is 0 Å². The van der Waals surface area contributed by atoms with Gasteiger partial charge in [0.1, 0.15) is 16.6 Å². The number of carbonyl (C=O) groups excluding carboxylic acids is 1. The largest absolute Gasteiger partial charge is 0.444 e. The zero-order valence-electron chi connectivity index (χ0n) is 14.9. The van der Waals surface area contributed by atoms with Crippen molar-refractivity contribution < 1.29 is 9.53 Å². The second-order valence-corrected chi connectivity index (χ2v) is 8.03. The van der Waals surface area contributed by atoms with Crippen LogP contribution in [0.4, 0.5) is 10.6 Å². The summed E-state index contributed by atoms with van der Waals surface area (Å²) in [6.45, 7) is 6.98. The monoisotopic (exact) mass is 372 g/mol. The maximum absolute atomic E-state index is 12.3. The second-order valence-electron chi connectivity index (χ2n) is 6.87. The van der Waals surface area contributed by atoms with Crippen LogP contribution in [0.15, 0.2) is 11.2 Å². The van der Waals surface area contributed by atoms with Crippen LogP contribution in [0.25, 0.3) is 0 Å². The summed E-state index contributed by atoms with van der Waals surface area (Å²) in [5.74, 6) is 0.774. The zero-order valence-corrected chi connectivity index (χ0v) is 16.4. The average Bonchev–Trinajstić information content (AvgIpc) is 2.52. The molecule has 0 bridgehead atoms. The maximum atomic E-state index is 12.3. The van der Waals surface area contributed by atoms with Crippen molar-refractivity contribution in [3.63, 3.8) is 0 Å². The molecule has 0 radical (unpaired) electrons. The second kappa shape index (κ2) is 7.78. The van der Waals surface area contributed by atoms with Crippen LogP contribution in [0.5, 0.6) is 0 Å². The third kappa shape index (κ3) is 5.14. The summed E-state index contributed by atoms with van der Waals surface area (Å²) in [4.78, 5) is 24.8. The van der Waals surface area contributed by atoms with Crippen molar-refractivity contribution in [2.45, 2.75) is 50.4 Å². The van der Waals surface area contributed by atoms with Gasteiger partial charge in [-0.15, -0.1) is 0 Å². The van der Waals surface area contributed by atoms with E-state index < -0.39 is 5.60 Å². The standard InChI is InChI=1S/C16H25ClN4O2S/c1-16(2,3)23-15(22)21-8-6-7-11(10-21)20(4)13-9-12(17)18-14(19-13)24-5/h9,11H,6-8,10H2,1-5H3/t11-/m0/s1. The van der Waals surface area contributed by atoms with Gasteiger partial charge in [-0.3, -0.25) is 0 Å². The van der Waals surface area contributed by atoms with E-state index in [0.717, 1.165) is 25.2 Å². The predicted octanol–water partition coefficient (Wildman–Crippen LogP) is 3.69. The number of piperidine rings is 1. The van der Waals surface area contributed by atoms with Gasteiger partial charge in [0.25, 0.3) is 0 Å². The van der Waals surface area contributed by atoms with Crippen LogP contribution >= 0.6 is 23.4 Å². The number of amides is 1. The summed E-state index contributed by atoms with van der Waals surface area (Å²) in [7, 11) is 1.98. The molecule has 0 N–H and O–H groups in total. The number of ether oxygens (including phenoxy) is 1. The van der Waals surface area contributed by atoms with Gasteiger partial charge >= 0.3 is 6.09 Å². The Morgan fingerprint density at radius 2 is 2.17 bits per heavy atom. The van der Waals surface area contributed by atoms with Crippen LogP contribution in [0.3, 0.4) is 0 Å². The van der Waals surface area contributed by atoms with Gasteiger partial charge in [0.2, 0.25) is 0 Å². The van der Waals surface area contributed by atoms with E-state index in [4.69, 9.17) is 16.3 Å². The number of thioether (sulfide) groups is 1. The number of halogens is 1. The summed E-state index contributed by atoms with van der Waals surface area (Å²) in [5, 5.41) is 1.07. The Balaban J connectivity index is 2.08. The van der Waals surface area contributed by atoms with Gasteiger partial charge in [0.15, 0.2) is 5.16 Å². The van der Waals surface area contributed by atoms with Gasteiger partial charge in [0, 0.05) is 32.2 Å². The first-order chi connectivity index (χ1) is 11.2. The van der Waals surface area contributed by atoms with Gasteiger partial charge in [-0.25, -0.2) is 14.8 Å². The smallest absolute Gasteiger partial charge is 0.410 e. The molecule has 2 rings (SSSR count). The van der Waals surface area contributed by atoms with Crippen molar-refractivity contribution in [1.82, 2.24) is 14.9 Å². The summed E-state index contributed by atoms with van der Waals surface area (Å²) in [6.07, 6.45) is 3.58. The van der Waals surface area contributed by atoms with Gasteiger partial charge < -0.3 is 14.5 Å². The SMILES string of the molecule is CSc1nc(Cl)cc(N(C)[C@H]2CCCN(C(=O)OC(C)(C)C)C2)n1. The molecule has 1 saturated heterocycles. The fourth-order valence-corrected chi connectivity index (χ4v) is 3.21. The molecule has 0 aromatic carbocycles. The van der Waals surface area contributed by atoms with Crippen molar-refractivity contribution in [2.24, 2.45) is 0 Å². The molecule has 1 aromatic rings. The highest BCUT2D eigenvalue weighted by atomic mass is 35.5. The van der Waals surface area contributed by atoms with Crippen LogP contribution in [0.2, 0.25) is 5.15 Å². The van der Waals surface area contributed by atoms with E-state index in [-0.39, 0.29) is 12.1 Å². The Labute approximate surface area is 152 Å². The Kier molecular flexibility index (Phi) is 6.20. The lowest BCUT2D eigenvalue weighted by Crippen LogP contribution is -2.50. The van der Waals surface area contributed by atoms with Crippen molar-refractivity contribution >= 4 is 35.3 Å². The van der Waals surface area contributed by atoms with Crippen molar-refractivity contribution in [2.75, 3.05) is 31.3 Å². The highest BCUT2D eigenvalue weighted by molar-refractivity contribution is 7.98. The topological polar surface area (TPSA) is 58.6 Å². The molecule has 1 atom stereocenters. The molecule has 0 unspecified atom stereocenters. The molecule has 0 aliphatic carbocycles. The fraction of sp³-hybridized carbons (Fsp3) is 0.688. The molecule has 1 aromatic heterocycles. The maximum Gasteiger partial charge on any atom is 0.410 e. The molecular weight excluding hydrogens is 348 g/mol. The van der Waals surface area contributed by atoms with Gasteiger partial charge in [-0.05, 0) is 39.9 Å². The summed E-state index contributed by atoms with van der Waals surface area (Å²) < 4.78 is 5.48. The molecule has 24 heavy (non-hydrogen) atoms. The first-order valence-corrected chi connectivity index (χ1v) is 9.59. The third-order valence-electron chi connectivity index (χ3n) is 3.80. The lowest BCUT2D eigenvalue weighted by Gasteiger charge is -2.38. The fourth-order valence-electron chi connectivity index (χ4n) is 2.61. The van der Waals surface area contributed by atoms with Crippen molar-refractivity contribution in [3.05, 3.63) is 11.2 Å². The number of nitrogens with zero attached hydrogens (tertiary/aromatic N) is 4. The van der Waals surface area contributed by atoms with Crippen LogP contribution in [0, 0.1) is 0 Å². The summed E-state index contributed by atoms with van der Waals surface area (Å²) in [6, 6.07) is 1.93. The van der Waals surface area contributed by atoms with E-state index in [1.807, 2.05) is 34.1 Å². The highest BCUT2D eigenvalue weighted by Crippen LogP contribution is 2.25. The quantitative estimate of drug-likeness (QED) is 0.458. The van der Waals surface area contributed by atoms with Crippen LogP contribution in [-0.2, 0) is 4.74 Å². The minimum atomic E-state index is -0.483. The molecule has 2 heterocycles. The minimum Gasteiger partial charge on any atom is -0.444 e. The van der Waals surface area contributed by atoms with Crippen LogP contribution in [-0.4, -0.2) is 59.0 Å². The Bertz CT molecular complexity index is 594. The number of hydrogen-bond donors (Lipinski definition) is 0. The predicted molar refractivity (Wildman–Crippen MR) is 98.1 cm³/mol. The van der Waals surface area contributed by atoms with Gasteiger partial charge in [-0.2, -0.15) is 0 Å². The van der Waals surface area contributed by atoms with Crippen molar-refractivity contribution in [3.8, 4) is 0 Å². The summed E-state index contributed by atoms with van der Waals surface area (Å²) >= 11 is 7.54. The molecule has 134 valence electrons. The zero-order chi connectivity index (χ0) is 17.9. The van der Waals surface area contributed by atoms with Crippen LogP contribution < -0.4 is 4.90 Å². The van der Waals surface area contributed by atoms with Crippen LogP contribution in [0.1, 0.15) is 33.6 Å². The van der Waals surface area contributed by atoms with E-state index in [1.165, 1.54) is 11.8 Å². The average molecular weight is 373 g/mol. The number of anilines is 1. The lowest BCUT2D eigenvalue weighted by atomic mass is 10.0. The molecular formula is C16H25ClN4O2S. The Morgan fingerprint density at radius 1 is 1.46 bits per heavy atom. The molecule has 0 saturated carbocycles. The van der Waals surface area contributed by atoms with E-state index in [0.29, 0.717) is 16.9 Å². The molecule has 1 amide bonds. The number of likely N-dealkylation sites (N-methyl/N-ethyl adjacent to an activating group) is 1. The van der Waals surface area contributed by atoms with E-state index in [1.54, 1.807) is 11.0 Å². The first-order valence-electron chi connectivity index (χ1n) is 7.99. The number of aromatic nitrogens is 2. The van der Waals surface area contributed by atoms with E-state index in [9.17, 15) is 4.79 Å². The third-order valence-corrected chi connectivity index (χ3v) is 4.54. The van der Waals surface area contributed by atoms with Crippen molar-refractivity contribution in [1.29, 1.82) is 0 Å². The molecule has 0 spiro atoms. The molecule has 6 nitrogen and oxygen atoms in total. The highest BCUT2D eigenvalue weighted by Gasteiger charge is 2.30. The Morgan fingerprint density at radius 3 is 2.79 bits per heavy atom. The lowest BCUT2D eigenvalue weighted by molar-refractivity contribution is 0.0199. The first kappa shape index (κ1) is 19.1. The number of rotatable bonds is 3. The minimum absolute atomic E-state index is 0.173. The number of likely N-dealkylation sites (tertiary alicyclic amines) is 1. The van der Waals surface area contributed by atoms with E-state index in [2.05, 4.69) is 14.9 Å². The molecule has 1 aliphatic heterocycles.